The Morgan fingerprint density at radius 2 is 1.75 bits per heavy atom. The summed E-state index contributed by atoms with van der Waals surface area (Å²) in [6, 6.07) is 21.3. The average Bonchev–Trinajstić information content (AvgIpc) is 3.39. The molecule has 1 fully saturated rings. The van der Waals surface area contributed by atoms with Crippen LogP contribution in [-0.4, -0.2) is 48.5 Å². The number of piperazine rings is 1. The summed E-state index contributed by atoms with van der Waals surface area (Å²) < 4.78 is 11.9. The molecule has 3 heterocycles. The maximum atomic E-state index is 13.6. The zero-order chi connectivity index (χ0) is 24.6. The molecule has 6 rings (SSSR count). The van der Waals surface area contributed by atoms with Gasteiger partial charge in [-0.1, -0.05) is 48.5 Å². The van der Waals surface area contributed by atoms with Gasteiger partial charge >= 0.3 is 0 Å². The topological polar surface area (TPSA) is 63.0 Å². The Labute approximate surface area is 209 Å². The van der Waals surface area contributed by atoms with Crippen molar-refractivity contribution in [3.8, 4) is 17.1 Å². The number of ether oxygens (including phenoxy) is 1. The summed E-state index contributed by atoms with van der Waals surface area (Å²) in [7, 11) is 0. The molecule has 2 aliphatic heterocycles. The molecular weight excluding hydrogens is 452 g/mol. The third-order valence-electron chi connectivity index (χ3n) is 7.23. The fourth-order valence-electron chi connectivity index (χ4n) is 5.22. The lowest BCUT2D eigenvalue weighted by molar-refractivity contribution is 0.0629. The number of para-hydroxylation sites is 1. The fraction of sp³-hybridized carbons (Fsp3) is 0.267. The third kappa shape index (κ3) is 4.07. The van der Waals surface area contributed by atoms with Crippen molar-refractivity contribution < 1.29 is 13.9 Å². The number of benzene rings is 3. The average molecular weight is 481 g/mol. The van der Waals surface area contributed by atoms with Crippen molar-refractivity contribution in [3.05, 3.63) is 99.2 Å². The Hall–Kier alpha value is -3.90. The molecule has 6 heteroatoms. The van der Waals surface area contributed by atoms with E-state index in [1.165, 1.54) is 11.1 Å². The second-order valence-electron chi connectivity index (χ2n) is 9.54. The molecule has 1 amide bonds. The van der Waals surface area contributed by atoms with E-state index in [1.54, 1.807) is 25.1 Å². The van der Waals surface area contributed by atoms with Crippen LogP contribution in [0.4, 0.5) is 0 Å². The highest BCUT2D eigenvalue weighted by atomic mass is 16.5. The number of hydrogen-bond donors (Lipinski definition) is 0. The molecule has 36 heavy (non-hydrogen) atoms. The largest absolute Gasteiger partial charge is 0.493 e. The van der Waals surface area contributed by atoms with Crippen LogP contribution in [0.15, 0.2) is 75.9 Å². The van der Waals surface area contributed by atoms with E-state index < -0.39 is 0 Å². The molecule has 1 saturated heterocycles. The normalized spacial score (nSPS) is 15.6. The first-order valence-electron chi connectivity index (χ1n) is 12.5. The van der Waals surface area contributed by atoms with Crippen LogP contribution in [0.1, 0.15) is 27.0 Å². The number of carbonyl (C=O) groups is 1. The van der Waals surface area contributed by atoms with E-state index in [2.05, 4.69) is 23.1 Å². The van der Waals surface area contributed by atoms with Crippen molar-refractivity contribution in [2.75, 3.05) is 32.8 Å². The fourth-order valence-corrected chi connectivity index (χ4v) is 5.22. The standard InChI is InChI=1S/C30H28N2O4/c1-20-27(33)24-8-5-9-25(29(24)36-28(20)22-6-3-2-4-7-22)30(34)32-15-13-31(14-16-32)19-21-10-11-26-23(18-21)12-17-35-26/h2-11,18H,12-17,19H2,1H3. The van der Waals surface area contributed by atoms with Crippen molar-refractivity contribution in [2.24, 2.45) is 0 Å². The molecule has 3 aromatic carbocycles. The number of hydrogen-bond acceptors (Lipinski definition) is 5. The van der Waals surface area contributed by atoms with E-state index in [-0.39, 0.29) is 11.3 Å². The number of nitrogens with zero attached hydrogens (tertiary/aromatic N) is 2. The lowest BCUT2D eigenvalue weighted by atomic mass is 10.0. The minimum atomic E-state index is -0.102. The molecule has 6 nitrogen and oxygen atoms in total. The number of rotatable bonds is 4. The van der Waals surface area contributed by atoms with Gasteiger partial charge < -0.3 is 14.1 Å². The Balaban J connectivity index is 1.22. The van der Waals surface area contributed by atoms with Gasteiger partial charge in [-0.05, 0) is 36.2 Å². The number of carbonyl (C=O) groups excluding carboxylic acids is 1. The second kappa shape index (κ2) is 9.28. The first kappa shape index (κ1) is 22.6. The Bertz CT molecular complexity index is 1500. The molecule has 0 aliphatic carbocycles. The summed E-state index contributed by atoms with van der Waals surface area (Å²) in [5.74, 6) is 1.42. The summed E-state index contributed by atoms with van der Waals surface area (Å²) >= 11 is 0. The quantitative estimate of drug-likeness (QED) is 0.425. The molecule has 0 spiro atoms. The van der Waals surface area contributed by atoms with Crippen LogP contribution < -0.4 is 10.2 Å². The molecule has 0 bridgehead atoms. The van der Waals surface area contributed by atoms with Crippen LogP contribution in [0.25, 0.3) is 22.3 Å². The van der Waals surface area contributed by atoms with Crippen molar-refractivity contribution >= 4 is 16.9 Å². The highest BCUT2D eigenvalue weighted by molar-refractivity contribution is 6.05. The van der Waals surface area contributed by atoms with E-state index in [0.717, 1.165) is 44.0 Å². The van der Waals surface area contributed by atoms with Gasteiger partial charge in [-0.15, -0.1) is 0 Å². The van der Waals surface area contributed by atoms with E-state index in [4.69, 9.17) is 9.15 Å². The van der Waals surface area contributed by atoms with Crippen LogP contribution in [0.2, 0.25) is 0 Å². The van der Waals surface area contributed by atoms with Gasteiger partial charge in [-0.3, -0.25) is 14.5 Å². The van der Waals surface area contributed by atoms with Gasteiger partial charge in [0.1, 0.15) is 11.5 Å². The number of amides is 1. The van der Waals surface area contributed by atoms with Crippen LogP contribution >= 0.6 is 0 Å². The van der Waals surface area contributed by atoms with Gasteiger partial charge in [0, 0.05) is 50.3 Å². The summed E-state index contributed by atoms with van der Waals surface area (Å²) in [4.78, 5) is 31.0. The first-order chi connectivity index (χ1) is 17.6. The van der Waals surface area contributed by atoms with E-state index >= 15 is 0 Å². The third-order valence-corrected chi connectivity index (χ3v) is 7.23. The van der Waals surface area contributed by atoms with Crippen molar-refractivity contribution in [3.63, 3.8) is 0 Å². The molecule has 0 saturated carbocycles. The molecule has 1 aromatic heterocycles. The van der Waals surface area contributed by atoms with Crippen molar-refractivity contribution in [1.82, 2.24) is 9.80 Å². The van der Waals surface area contributed by atoms with Gasteiger partial charge in [0.15, 0.2) is 11.0 Å². The first-order valence-corrected chi connectivity index (χ1v) is 12.5. The van der Waals surface area contributed by atoms with Gasteiger partial charge in [0.25, 0.3) is 5.91 Å². The lowest BCUT2D eigenvalue weighted by Crippen LogP contribution is -2.48. The maximum Gasteiger partial charge on any atom is 0.257 e. The molecule has 182 valence electrons. The van der Waals surface area contributed by atoms with Crippen LogP contribution in [0, 0.1) is 6.92 Å². The minimum Gasteiger partial charge on any atom is -0.493 e. The zero-order valence-electron chi connectivity index (χ0n) is 20.3. The molecule has 2 aliphatic rings. The maximum absolute atomic E-state index is 13.6. The molecule has 0 atom stereocenters. The molecule has 4 aromatic rings. The van der Waals surface area contributed by atoms with Gasteiger partial charge in [-0.2, -0.15) is 0 Å². The van der Waals surface area contributed by atoms with Crippen molar-refractivity contribution in [1.29, 1.82) is 0 Å². The molecular formula is C30H28N2O4. The second-order valence-corrected chi connectivity index (χ2v) is 9.54. The van der Waals surface area contributed by atoms with E-state index in [9.17, 15) is 9.59 Å². The predicted octanol–water partition coefficient (Wildman–Crippen LogP) is 4.66. The molecule has 0 N–H and O–H groups in total. The molecule has 0 unspecified atom stereocenters. The highest BCUT2D eigenvalue weighted by Crippen LogP contribution is 2.29. The minimum absolute atomic E-state index is 0.0963. The van der Waals surface area contributed by atoms with Gasteiger partial charge in [0.05, 0.1) is 17.6 Å². The van der Waals surface area contributed by atoms with Crippen LogP contribution in [-0.2, 0) is 13.0 Å². The Morgan fingerprint density at radius 3 is 2.56 bits per heavy atom. The summed E-state index contributed by atoms with van der Waals surface area (Å²) in [5, 5.41) is 0.442. The predicted molar refractivity (Wildman–Crippen MR) is 139 cm³/mol. The highest BCUT2D eigenvalue weighted by Gasteiger charge is 2.26. The van der Waals surface area contributed by atoms with Gasteiger partial charge in [-0.25, -0.2) is 0 Å². The van der Waals surface area contributed by atoms with Crippen LogP contribution in [0.5, 0.6) is 5.75 Å². The zero-order valence-corrected chi connectivity index (χ0v) is 20.3. The summed E-state index contributed by atoms with van der Waals surface area (Å²) in [6.45, 7) is 6.24. The van der Waals surface area contributed by atoms with Crippen LogP contribution in [0.3, 0.4) is 0 Å². The monoisotopic (exact) mass is 480 g/mol. The van der Waals surface area contributed by atoms with E-state index in [0.29, 0.717) is 40.9 Å². The Kier molecular flexibility index (Phi) is 5.82. The van der Waals surface area contributed by atoms with E-state index in [1.807, 2.05) is 35.2 Å². The summed E-state index contributed by atoms with van der Waals surface area (Å²) in [5.41, 5.74) is 4.62. The lowest BCUT2D eigenvalue weighted by Gasteiger charge is -2.35. The Morgan fingerprint density at radius 1 is 0.944 bits per heavy atom. The molecule has 0 radical (unpaired) electrons. The smallest absolute Gasteiger partial charge is 0.257 e. The van der Waals surface area contributed by atoms with Crippen molar-refractivity contribution in [2.45, 2.75) is 19.9 Å². The summed E-state index contributed by atoms with van der Waals surface area (Å²) in [6.07, 6.45) is 0.970. The number of fused-ring (bicyclic) bond motifs is 2. The SMILES string of the molecule is Cc1c(-c2ccccc2)oc2c(C(=O)N3CCN(Cc4ccc5c(c4)CCO5)CC3)cccc2c1=O. The van der Waals surface area contributed by atoms with Gasteiger partial charge in [0.2, 0.25) is 0 Å².